The summed E-state index contributed by atoms with van der Waals surface area (Å²) >= 11 is 1.23. The number of nitrogens with one attached hydrogen (secondary N) is 1. The van der Waals surface area contributed by atoms with E-state index in [1.165, 1.54) is 15.9 Å². The Bertz CT molecular complexity index is 1260. The van der Waals surface area contributed by atoms with Crippen molar-refractivity contribution in [1.29, 1.82) is 0 Å². The standard InChI is InChI=1S/C21H17N3O3S/c1-12-7-8-14(11-13(12)2)24-16-6-4-3-5-15(16)18(25)17(20(24)27)19(26)23-21-22-9-10-28-21/h3-11,25H,1-2H3,(H,22,23,26). The molecule has 0 aliphatic heterocycles. The third-order valence-corrected chi connectivity index (χ3v) is 5.37. The molecule has 7 heteroatoms. The molecule has 0 aliphatic carbocycles. The van der Waals surface area contributed by atoms with Crippen molar-refractivity contribution < 1.29 is 9.90 Å². The number of fused-ring (bicyclic) bond motifs is 1. The van der Waals surface area contributed by atoms with Crippen molar-refractivity contribution in [2.75, 3.05) is 5.32 Å². The molecule has 0 atom stereocenters. The van der Waals surface area contributed by atoms with Crippen molar-refractivity contribution in [3.63, 3.8) is 0 Å². The number of carbonyl (C=O) groups excluding carboxylic acids is 1. The average molecular weight is 391 g/mol. The molecule has 2 aromatic carbocycles. The maximum atomic E-state index is 13.3. The summed E-state index contributed by atoms with van der Waals surface area (Å²) in [6.45, 7) is 3.95. The first kappa shape index (κ1) is 17.9. The number of aromatic hydroxyl groups is 1. The van der Waals surface area contributed by atoms with Crippen LogP contribution in [0.3, 0.4) is 0 Å². The number of rotatable bonds is 3. The second-order valence-electron chi connectivity index (χ2n) is 6.44. The number of hydrogen-bond donors (Lipinski definition) is 2. The number of benzene rings is 2. The minimum Gasteiger partial charge on any atom is -0.506 e. The number of amides is 1. The Hall–Kier alpha value is -3.45. The number of hydrogen-bond acceptors (Lipinski definition) is 5. The normalized spacial score (nSPS) is 10.9. The van der Waals surface area contributed by atoms with Gasteiger partial charge in [-0.3, -0.25) is 19.5 Å². The fourth-order valence-electron chi connectivity index (χ4n) is 3.10. The van der Waals surface area contributed by atoms with Gasteiger partial charge in [0.15, 0.2) is 5.13 Å². The first-order valence-corrected chi connectivity index (χ1v) is 9.50. The maximum absolute atomic E-state index is 13.3. The minimum absolute atomic E-state index is 0.313. The number of nitrogens with zero attached hydrogens (tertiary/aromatic N) is 2. The number of aryl methyl sites for hydroxylation is 2. The summed E-state index contributed by atoms with van der Waals surface area (Å²) in [6.07, 6.45) is 1.55. The van der Waals surface area contributed by atoms with Gasteiger partial charge in [-0.25, -0.2) is 4.98 Å². The van der Waals surface area contributed by atoms with Crippen LogP contribution in [0.1, 0.15) is 21.5 Å². The summed E-state index contributed by atoms with van der Waals surface area (Å²) in [4.78, 5) is 30.1. The highest BCUT2D eigenvalue weighted by Crippen LogP contribution is 2.29. The maximum Gasteiger partial charge on any atom is 0.272 e. The van der Waals surface area contributed by atoms with Crippen LogP contribution in [0, 0.1) is 13.8 Å². The lowest BCUT2D eigenvalue weighted by Crippen LogP contribution is -2.29. The van der Waals surface area contributed by atoms with Crippen LogP contribution in [-0.2, 0) is 0 Å². The highest BCUT2D eigenvalue weighted by Gasteiger charge is 2.23. The van der Waals surface area contributed by atoms with Gasteiger partial charge in [0.1, 0.15) is 11.3 Å². The first-order chi connectivity index (χ1) is 13.5. The zero-order chi connectivity index (χ0) is 19.8. The fraction of sp³-hybridized carbons (Fsp3) is 0.0952. The molecule has 0 fully saturated rings. The highest BCUT2D eigenvalue weighted by molar-refractivity contribution is 7.13. The molecule has 2 heterocycles. The summed E-state index contributed by atoms with van der Waals surface area (Å²) in [7, 11) is 0. The quantitative estimate of drug-likeness (QED) is 0.552. The van der Waals surface area contributed by atoms with Crippen LogP contribution >= 0.6 is 11.3 Å². The summed E-state index contributed by atoms with van der Waals surface area (Å²) < 4.78 is 1.46. The molecule has 0 radical (unpaired) electrons. The molecule has 1 amide bonds. The number of pyridine rings is 1. The van der Waals surface area contributed by atoms with Crippen LogP contribution in [-0.4, -0.2) is 20.6 Å². The van der Waals surface area contributed by atoms with Crippen molar-refractivity contribution in [1.82, 2.24) is 9.55 Å². The van der Waals surface area contributed by atoms with E-state index >= 15 is 0 Å². The fourth-order valence-corrected chi connectivity index (χ4v) is 3.62. The summed E-state index contributed by atoms with van der Waals surface area (Å²) in [5.74, 6) is -1.03. The van der Waals surface area contributed by atoms with Gasteiger partial charge in [-0.2, -0.15) is 0 Å². The largest absolute Gasteiger partial charge is 0.506 e. The van der Waals surface area contributed by atoms with Gasteiger partial charge in [-0.05, 0) is 49.2 Å². The predicted octanol–water partition coefficient (Wildman–Crippen LogP) is 4.02. The first-order valence-electron chi connectivity index (χ1n) is 8.62. The molecule has 6 nitrogen and oxygen atoms in total. The molecule has 4 rings (SSSR count). The van der Waals surface area contributed by atoms with Crippen molar-refractivity contribution >= 4 is 33.3 Å². The Kier molecular flexibility index (Phi) is 4.44. The average Bonchev–Trinajstić information content (AvgIpc) is 3.18. The van der Waals surface area contributed by atoms with Gasteiger partial charge < -0.3 is 5.11 Å². The van der Waals surface area contributed by atoms with Crippen LogP contribution in [0.25, 0.3) is 16.6 Å². The summed E-state index contributed by atoms with van der Waals surface area (Å²) in [5.41, 5.74) is 2.38. The van der Waals surface area contributed by atoms with Crippen molar-refractivity contribution in [2.45, 2.75) is 13.8 Å². The zero-order valence-corrected chi connectivity index (χ0v) is 16.1. The second-order valence-corrected chi connectivity index (χ2v) is 7.34. The Labute approximate surface area is 164 Å². The zero-order valence-electron chi connectivity index (χ0n) is 15.3. The van der Waals surface area contributed by atoms with Gasteiger partial charge in [0.25, 0.3) is 11.5 Å². The van der Waals surface area contributed by atoms with E-state index in [1.807, 2.05) is 32.0 Å². The molecule has 140 valence electrons. The van der Waals surface area contributed by atoms with E-state index in [1.54, 1.807) is 35.8 Å². The monoisotopic (exact) mass is 391 g/mol. The molecule has 0 unspecified atom stereocenters. The molecule has 0 saturated carbocycles. The van der Waals surface area contributed by atoms with Crippen LogP contribution in [0.4, 0.5) is 5.13 Å². The van der Waals surface area contributed by atoms with Crippen molar-refractivity contribution in [3.05, 3.63) is 81.1 Å². The van der Waals surface area contributed by atoms with Gasteiger partial charge in [-0.15, -0.1) is 11.3 Å². The minimum atomic E-state index is -0.694. The van der Waals surface area contributed by atoms with E-state index in [0.717, 1.165) is 11.1 Å². The second kappa shape index (κ2) is 6.94. The molecular formula is C21H17N3O3S. The number of anilines is 1. The molecule has 28 heavy (non-hydrogen) atoms. The Morgan fingerprint density at radius 3 is 2.64 bits per heavy atom. The SMILES string of the molecule is Cc1ccc(-n2c(=O)c(C(=O)Nc3nccs3)c(O)c3ccccc32)cc1C. The van der Waals surface area contributed by atoms with E-state index in [-0.39, 0.29) is 11.3 Å². The van der Waals surface area contributed by atoms with Crippen LogP contribution in [0.15, 0.2) is 58.8 Å². The predicted molar refractivity (Wildman–Crippen MR) is 111 cm³/mol. The van der Waals surface area contributed by atoms with Crippen molar-refractivity contribution in [3.8, 4) is 11.4 Å². The molecule has 0 spiro atoms. The van der Waals surface area contributed by atoms with Gasteiger partial charge in [-0.1, -0.05) is 18.2 Å². The summed E-state index contributed by atoms with van der Waals surface area (Å²) in [6, 6.07) is 12.6. The lowest BCUT2D eigenvalue weighted by Gasteiger charge is -2.15. The van der Waals surface area contributed by atoms with E-state index in [0.29, 0.717) is 21.7 Å². The van der Waals surface area contributed by atoms with E-state index in [9.17, 15) is 14.7 Å². The van der Waals surface area contributed by atoms with Gasteiger partial charge in [0.05, 0.1) is 5.52 Å². The molecule has 4 aromatic rings. The highest BCUT2D eigenvalue weighted by atomic mass is 32.1. The number of carbonyl (C=O) groups is 1. The molecule has 2 N–H and O–H groups in total. The van der Waals surface area contributed by atoms with Gasteiger partial charge in [0.2, 0.25) is 0 Å². The molecule has 0 saturated heterocycles. The van der Waals surface area contributed by atoms with Crippen molar-refractivity contribution in [2.24, 2.45) is 0 Å². The summed E-state index contributed by atoms with van der Waals surface area (Å²) in [5, 5.41) is 15.8. The van der Waals surface area contributed by atoms with Crippen LogP contribution in [0.5, 0.6) is 5.75 Å². The topological polar surface area (TPSA) is 84.2 Å². The molecular weight excluding hydrogens is 374 g/mol. The van der Waals surface area contributed by atoms with E-state index in [4.69, 9.17) is 0 Å². The van der Waals surface area contributed by atoms with Crippen LogP contribution in [0.2, 0.25) is 0 Å². The third-order valence-electron chi connectivity index (χ3n) is 4.68. The molecule has 0 bridgehead atoms. The van der Waals surface area contributed by atoms with E-state index in [2.05, 4.69) is 10.3 Å². The Morgan fingerprint density at radius 1 is 1.14 bits per heavy atom. The number of thiazole rings is 1. The van der Waals surface area contributed by atoms with E-state index < -0.39 is 11.5 Å². The smallest absolute Gasteiger partial charge is 0.272 e. The lowest BCUT2D eigenvalue weighted by atomic mass is 10.1. The van der Waals surface area contributed by atoms with Gasteiger partial charge in [0, 0.05) is 22.7 Å². The molecule has 0 aliphatic rings. The Morgan fingerprint density at radius 2 is 1.93 bits per heavy atom. The third kappa shape index (κ3) is 2.95. The van der Waals surface area contributed by atoms with Crippen LogP contribution < -0.4 is 10.9 Å². The molecule has 2 aromatic heterocycles. The Balaban J connectivity index is 2.00. The number of para-hydroxylation sites is 1. The number of aromatic nitrogens is 2. The van der Waals surface area contributed by atoms with Gasteiger partial charge >= 0.3 is 0 Å². The lowest BCUT2D eigenvalue weighted by molar-refractivity contribution is 0.102.